The fraction of sp³-hybridized carbons (Fsp3) is 0.200. The van der Waals surface area contributed by atoms with Crippen molar-refractivity contribution in [3.63, 3.8) is 0 Å². The third-order valence-electron chi connectivity index (χ3n) is 5.12. The highest BCUT2D eigenvalue weighted by molar-refractivity contribution is 6.51. The van der Waals surface area contributed by atoms with E-state index in [1.54, 1.807) is 60.7 Å². The van der Waals surface area contributed by atoms with E-state index in [4.69, 9.17) is 13.9 Å². The highest BCUT2D eigenvalue weighted by Gasteiger charge is 2.48. The van der Waals surface area contributed by atoms with Gasteiger partial charge in [-0.15, -0.1) is 0 Å². The van der Waals surface area contributed by atoms with Crippen LogP contribution in [-0.4, -0.2) is 30.0 Å². The van der Waals surface area contributed by atoms with E-state index < -0.39 is 17.7 Å². The second-order valence-corrected chi connectivity index (χ2v) is 7.07. The summed E-state index contributed by atoms with van der Waals surface area (Å²) in [6.45, 7) is 4.78. The number of aliphatic hydroxyl groups excluding tert-OH is 1. The summed E-state index contributed by atoms with van der Waals surface area (Å²) in [6, 6.07) is 16.0. The predicted octanol–water partition coefficient (Wildman–Crippen LogP) is 4.70. The second kappa shape index (κ2) is 9.01. The molecule has 1 aliphatic heterocycles. The maximum Gasteiger partial charge on any atom is 0.300 e. The molecule has 4 rings (SSSR count). The van der Waals surface area contributed by atoms with Gasteiger partial charge in [0.1, 0.15) is 29.1 Å². The summed E-state index contributed by atoms with van der Waals surface area (Å²) in [4.78, 5) is 27.4. The van der Waals surface area contributed by atoms with Crippen LogP contribution < -0.4 is 14.4 Å². The van der Waals surface area contributed by atoms with E-state index in [2.05, 4.69) is 0 Å². The summed E-state index contributed by atoms with van der Waals surface area (Å²) in [5.74, 6) is -0.153. The lowest BCUT2D eigenvalue weighted by atomic mass is 9.99. The average molecular weight is 433 g/mol. The Balaban J connectivity index is 1.80. The molecule has 7 heteroatoms. The molecule has 1 atom stereocenters. The normalized spacial score (nSPS) is 17.6. The van der Waals surface area contributed by atoms with Crippen molar-refractivity contribution in [2.75, 3.05) is 18.1 Å². The van der Waals surface area contributed by atoms with Gasteiger partial charge in [0.25, 0.3) is 11.7 Å². The van der Waals surface area contributed by atoms with Gasteiger partial charge in [-0.2, -0.15) is 0 Å². The first-order valence-corrected chi connectivity index (χ1v) is 10.4. The van der Waals surface area contributed by atoms with Crippen LogP contribution in [0, 0.1) is 0 Å². The lowest BCUT2D eigenvalue weighted by Crippen LogP contribution is -2.29. The van der Waals surface area contributed by atoms with Gasteiger partial charge < -0.3 is 19.0 Å². The number of ketones is 1. The summed E-state index contributed by atoms with van der Waals surface area (Å²) < 4.78 is 16.5. The zero-order chi connectivity index (χ0) is 22.7. The first-order valence-electron chi connectivity index (χ1n) is 10.4. The van der Waals surface area contributed by atoms with Crippen LogP contribution >= 0.6 is 0 Å². The first-order chi connectivity index (χ1) is 15.5. The Labute approximate surface area is 185 Å². The van der Waals surface area contributed by atoms with E-state index >= 15 is 0 Å². The SMILES string of the molecule is CCOc1ccc(/C(O)=C2/C(=O)C(=O)N(c3ccc(OCC)cc3)C2c2ccco2)cc1. The highest BCUT2D eigenvalue weighted by Crippen LogP contribution is 2.42. The van der Waals surface area contributed by atoms with Gasteiger partial charge in [-0.05, 0) is 74.5 Å². The standard InChI is InChI=1S/C25H23NO6/c1-3-30-18-11-7-16(8-12-18)23(27)21-22(20-6-5-15-32-20)26(25(29)24(21)28)17-9-13-19(14-10-17)31-4-2/h5-15,22,27H,3-4H2,1-2H3/b23-21-. The van der Waals surface area contributed by atoms with E-state index in [-0.39, 0.29) is 11.3 Å². The van der Waals surface area contributed by atoms with Crippen LogP contribution in [0.15, 0.2) is 76.9 Å². The fourth-order valence-electron chi connectivity index (χ4n) is 3.72. The van der Waals surface area contributed by atoms with Crippen molar-refractivity contribution < 1.29 is 28.6 Å². The molecule has 164 valence electrons. The van der Waals surface area contributed by atoms with Crippen molar-refractivity contribution >= 4 is 23.1 Å². The third kappa shape index (κ3) is 3.85. The lowest BCUT2D eigenvalue weighted by Gasteiger charge is -2.23. The van der Waals surface area contributed by atoms with Crippen molar-refractivity contribution in [2.45, 2.75) is 19.9 Å². The number of hydrogen-bond donors (Lipinski definition) is 1. The molecule has 0 saturated carbocycles. The minimum Gasteiger partial charge on any atom is -0.507 e. The predicted molar refractivity (Wildman–Crippen MR) is 119 cm³/mol. The summed E-state index contributed by atoms with van der Waals surface area (Å²) >= 11 is 0. The minimum absolute atomic E-state index is 0.0389. The molecular formula is C25H23NO6. The molecule has 1 aliphatic rings. The molecular weight excluding hydrogens is 410 g/mol. The van der Waals surface area contributed by atoms with Gasteiger partial charge in [-0.1, -0.05) is 0 Å². The van der Waals surface area contributed by atoms with Gasteiger partial charge in [0, 0.05) is 11.3 Å². The Morgan fingerprint density at radius 1 is 0.938 bits per heavy atom. The molecule has 1 amide bonds. The number of carbonyl (C=O) groups excluding carboxylic acids is 2. The molecule has 2 heterocycles. The lowest BCUT2D eigenvalue weighted by molar-refractivity contribution is -0.132. The number of amides is 1. The number of carbonyl (C=O) groups is 2. The summed E-state index contributed by atoms with van der Waals surface area (Å²) in [6.07, 6.45) is 1.46. The molecule has 0 bridgehead atoms. The molecule has 1 saturated heterocycles. The second-order valence-electron chi connectivity index (χ2n) is 7.07. The van der Waals surface area contributed by atoms with Crippen molar-refractivity contribution in [1.29, 1.82) is 0 Å². The van der Waals surface area contributed by atoms with Gasteiger partial charge in [-0.25, -0.2) is 0 Å². The van der Waals surface area contributed by atoms with Crippen molar-refractivity contribution in [2.24, 2.45) is 0 Å². The van der Waals surface area contributed by atoms with E-state index in [1.165, 1.54) is 11.2 Å². The number of Topliss-reactive ketones (excluding diaryl/α,β-unsaturated/α-hetero) is 1. The molecule has 1 fully saturated rings. The van der Waals surface area contributed by atoms with Crippen LogP contribution in [0.5, 0.6) is 11.5 Å². The van der Waals surface area contributed by atoms with E-state index in [9.17, 15) is 14.7 Å². The molecule has 7 nitrogen and oxygen atoms in total. The number of benzene rings is 2. The van der Waals surface area contributed by atoms with Gasteiger partial charge >= 0.3 is 0 Å². The number of anilines is 1. The number of furan rings is 1. The van der Waals surface area contributed by atoms with Crippen LogP contribution in [-0.2, 0) is 9.59 Å². The number of hydrogen-bond acceptors (Lipinski definition) is 6. The van der Waals surface area contributed by atoms with Crippen molar-refractivity contribution in [3.8, 4) is 11.5 Å². The van der Waals surface area contributed by atoms with Crippen LogP contribution in [0.1, 0.15) is 31.2 Å². The zero-order valence-electron chi connectivity index (χ0n) is 17.8. The zero-order valence-corrected chi connectivity index (χ0v) is 17.8. The maximum atomic E-state index is 13.0. The van der Waals surface area contributed by atoms with Gasteiger partial charge in [0.2, 0.25) is 0 Å². The van der Waals surface area contributed by atoms with Gasteiger partial charge in [0.05, 0.1) is 25.1 Å². The van der Waals surface area contributed by atoms with Crippen molar-refractivity contribution in [3.05, 3.63) is 83.8 Å². The Hall–Kier alpha value is -4.00. The van der Waals surface area contributed by atoms with Crippen LogP contribution in [0.4, 0.5) is 5.69 Å². The minimum atomic E-state index is -0.908. The number of nitrogens with zero attached hydrogens (tertiary/aromatic N) is 1. The van der Waals surface area contributed by atoms with Gasteiger partial charge in [-0.3, -0.25) is 14.5 Å². The number of ether oxygens (including phenoxy) is 2. The third-order valence-corrected chi connectivity index (χ3v) is 5.12. The van der Waals surface area contributed by atoms with E-state index in [1.807, 2.05) is 13.8 Å². The molecule has 1 aromatic heterocycles. The fourth-order valence-corrected chi connectivity index (χ4v) is 3.72. The molecule has 1 N–H and O–H groups in total. The Morgan fingerprint density at radius 2 is 1.53 bits per heavy atom. The molecule has 0 aliphatic carbocycles. The molecule has 2 aromatic carbocycles. The van der Waals surface area contributed by atoms with Crippen LogP contribution in [0.2, 0.25) is 0 Å². The maximum absolute atomic E-state index is 13.0. The molecule has 32 heavy (non-hydrogen) atoms. The molecule has 0 radical (unpaired) electrons. The Bertz CT molecular complexity index is 1130. The molecule has 1 unspecified atom stereocenters. The van der Waals surface area contributed by atoms with E-state index in [0.29, 0.717) is 41.7 Å². The summed E-state index contributed by atoms with van der Waals surface area (Å²) in [5, 5.41) is 11.1. The Kier molecular flexibility index (Phi) is 5.98. The highest BCUT2D eigenvalue weighted by atomic mass is 16.5. The number of rotatable bonds is 7. The van der Waals surface area contributed by atoms with Crippen LogP contribution in [0.25, 0.3) is 5.76 Å². The molecule has 3 aromatic rings. The average Bonchev–Trinajstić information content (AvgIpc) is 3.42. The largest absolute Gasteiger partial charge is 0.507 e. The van der Waals surface area contributed by atoms with Crippen molar-refractivity contribution in [1.82, 2.24) is 0 Å². The van der Waals surface area contributed by atoms with Gasteiger partial charge in [0.15, 0.2) is 0 Å². The Morgan fingerprint density at radius 3 is 2.06 bits per heavy atom. The first kappa shape index (κ1) is 21.2. The smallest absolute Gasteiger partial charge is 0.300 e. The van der Waals surface area contributed by atoms with Crippen LogP contribution in [0.3, 0.4) is 0 Å². The van der Waals surface area contributed by atoms with E-state index in [0.717, 1.165) is 0 Å². The summed E-state index contributed by atoms with van der Waals surface area (Å²) in [7, 11) is 0. The topological polar surface area (TPSA) is 89.2 Å². The quantitative estimate of drug-likeness (QED) is 0.330. The summed E-state index contributed by atoms with van der Waals surface area (Å²) in [5.41, 5.74) is 0.848. The monoisotopic (exact) mass is 433 g/mol. The molecule has 0 spiro atoms. The number of aliphatic hydroxyl groups is 1.